The fourth-order valence-electron chi connectivity index (χ4n) is 2.36. The van der Waals surface area contributed by atoms with Gasteiger partial charge in [-0.25, -0.2) is 4.79 Å². The van der Waals surface area contributed by atoms with Crippen LogP contribution in [0.5, 0.6) is 0 Å². The second-order valence-electron chi connectivity index (χ2n) is 5.29. The van der Waals surface area contributed by atoms with Crippen molar-refractivity contribution in [3.05, 3.63) is 40.3 Å². The van der Waals surface area contributed by atoms with Crippen molar-refractivity contribution >= 4 is 23.5 Å². The molecule has 0 aliphatic carbocycles. The van der Waals surface area contributed by atoms with Crippen LogP contribution in [-0.2, 0) is 16.9 Å². The number of furan rings is 1. The average Bonchev–Trinajstić information content (AvgIpc) is 3.08. The molecule has 110 valence electrons. The SMILES string of the molecule is Cc1cc(CN2C(=O)NC(C)(c3ccc(C)o3)C2=O)sn1. The Bertz CT molecular complexity index is 721. The van der Waals surface area contributed by atoms with E-state index in [-0.39, 0.29) is 12.5 Å². The minimum atomic E-state index is -1.15. The third-order valence-corrected chi connectivity index (χ3v) is 4.36. The summed E-state index contributed by atoms with van der Waals surface area (Å²) in [4.78, 5) is 26.8. The first kappa shape index (κ1) is 13.8. The van der Waals surface area contributed by atoms with E-state index in [0.29, 0.717) is 11.5 Å². The maximum Gasteiger partial charge on any atom is 0.325 e. The topological polar surface area (TPSA) is 75.4 Å². The van der Waals surface area contributed by atoms with Crippen LogP contribution in [0.4, 0.5) is 4.79 Å². The number of amides is 3. The summed E-state index contributed by atoms with van der Waals surface area (Å²) in [5.74, 6) is 0.832. The molecule has 7 heteroatoms. The Kier molecular flexibility index (Phi) is 3.09. The second-order valence-corrected chi connectivity index (χ2v) is 6.18. The smallest absolute Gasteiger partial charge is 0.325 e. The molecule has 1 atom stereocenters. The number of carbonyl (C=O) groups is 2. The van der Waals surface area contributed by atoms with E-state index < -0.39 is 11.6 Å². The largest absolute Gasteiger partial charge is 0.463 e. The first-order valence-corrected chi connectivity index (χ1v) is 7.31. The molecule has 0 radical (unpaired) electrons. The lowest BCUT2D eigenvalue weighted by atomic mass is 9.99. The molecule has 0 spiro atoms. The third-order valence-electron chi connectivity index (χ3n) is 3.50. The quantitative estimate of drug-likeness (QED) is 0.883. The highest BCUT2D eigenvalue weighted by Gasteiger charge is 2.51. The highest BCUT2D eigenvalue weighted by atomic mass is 32.1. The van der Waals surface area contributed by atoms with Crippen LogP contribution in [0.1, 0.15) is 29.0 Å². The first-order valence-electron chi connectivity index (χ1n) is 6.53. The molecule has 3 heterocycles. The molecular formula is C14H15N3O3S. The molecule has 2 aromatic rings. The summed E-state index contributed by atoms with van der Waals surface area (Å²) < 4.78 is 9.68. The lowest BCUT2D eigenvalue weighted by Crippen LogP contribution is -2.40. The number of hydrogen-bond acceptors (Lipinski definition) is 5. The van der Waals surface area contributed by atoms with Gasteiger partial charge < -0.3 is 9.73 Å². The summed E-state index contributed by atoms with van der Waals surface area (Å²) in [5, 5.41) is 2.71. The molecule has 1 aliphatic rings. The minimum Gasteiger partial charge on any atom is -0.463 e. The van der Waals surface area contributed by atoms with Crippen LogP contribution in [0.25, 0.3) is 0 Å². The standard InChI is InChI=1S/C14H15N3O3S/c1-8-6-10(21-16-8)7-17-12(18)14(3,15-13(17)19)11-5-4-9(2)20-11/h4-6H,7H2,1-3H3,(H,15,19). The third kappa shape index (κ3) is 2.23. The molecule has 3 rings (SSSR count). The zero-order chi connectivity index (χ0) is 15.2. The fourth-order valence-corrected chi connectivity index (χ4v) is 3.08. The van der Waals surface area contributed by atoms with E-state index in [1.54, 1.807) is 26.0 Å². The summed E-state index contributed by atoms with van der Waals surface area (Å²) >= 11 is 1.29. The molecule has 1 unspecified atom stereocenters. The second kappa shape index (κ2) is 4.70. The zero-order valence-corrected chi connectivity index (χ0v) is 12.8. The highest BCUT2D eigenvalue weighted by Crippen LogP contribution is 2.31. The number of aromatic nitrogens is 1. The van der Waals surface area contributed by atoms with Gasteiger partial charge in [-0.1, -0.05) is 0 Å². The van der Waals surface area contributed by atoms with Crippen molar-refractivity contribution < 1.29 is 14.0 Å². The van der Waals surface area contributed by atoms with Crippen molar-refractivity contribution in [3.8, 4) is 0 Å². The summed E-state index contributed by atoms with van der Waals surface area (Å²) in [6, 6.07) is 4.95. The highest BCUT2D eigenvalue weighted by molar-refractivity contribution is 7.05. The van der Waals surface area contributed by atoms with Crippen LogP contribution >= 0.6 is 11.5 Å². The van der Waals surface area contributed by atoms with E-state index in [4.69, 9.17) is 4.42 Å². The first-order chi connectivity index (χ1) is 9.90. The van der Waals surface area contributed by atoms with Crippen LogP contribution < -0.4 is 5.32 Å². The van der Waals surface area contributed by atoms with Gasteiger partial charge in [0.2, 0.25) is 0 Å². The molecule has 0 bridgehead atoms. The van der Waals surface area contributed by atoms with Gasteiger partial charge in [-0.3, -0.25) is 9.69 Å². The van der Waals surface area contributed by atoms with Gasteiger partial charge in [0.1, 0.15) is 11.5 Å². The van der Waals surface area contributed by atoms with Crippen LogP contribution in [0, 0.1) is 13.8 Å². The number of imide groups is 1. The summed E-state index contributed by atoms with van der Waals surface area (Å²) in [5.41, 5.74) is -0.267. The number of hydrogen-bond donors (Lipinski definition) is 1. The van der Waals surface area contributed by atoms with Crippen molar-refractivity contribution in [1.29, 1.82) is 0 Å². The van der Waals surface area contributed by atoms with Crippen LogP contribution in [0.2, 0.25) is 0 Å². The van der Waals surface area contributed by atoms with Crippen LogP contribution in [-0.4, -0.2) is 21.2 Å². The molecule has 2 aromatic heterocycles. The molecule has 3 amide bonds. The van der Waals surface area contributed by atoms with Gasteiger partial charge in [0.05, 0.1) is 12.2 Å². The molecular weight excluding hydrogens is 290 g/mol. The zero-order valence-electron chi connectivity index (χ0n) is 12.0. The summed E-state index contributed by atoms with van der Waals surface area (Å²) in [7, 11) is 0. The van der Waals surface area contributed by atoms with Crippen molar-refractivity contribution in [1.82, 2.24) is 14.6 Å². The van der Waals surface area contributed by atoms with E-state index in [1.165, 1.54) is 16.4 Å². The van der Waals surface area contributed by atoms with E-state index in [2.05, 4.69) is 9.69 Å². The Balaban J connectivity index is 1.88. The molecule has 6 nitrogen and oxygen atoms in total. The Morgan fingerprint density at radius 3 is 2.71 bits per heavy atom. The van der Waals surface area contributed by atoms with Gasteiger partial charge >= 0.3 is 6.03 Å². The number of nitrogens with one attached hydrogen (secondary N) is 1. The number of aryl methyl sites for hydroxylation is 2. The lowest BCUT2D eigenvalue weighted by Gasteiger charge is -2.18. The van der Waals surface area contributed by atoms with Gasteiger partial charge in [0.15, 0.2) is 5.54 Å². The maximum atomic E-state index is 12.6. The number of nitrogens with zero attached hydrogens (tertiary/aromatic N) is 2. The monoisotopic (exact) mass is 305 g/mol. The molecule has 0 saturated carbocycles. The number of urea groups is 1. The van der Waals surface area contributed by atoms with Crippen LogP contribution in [0.3, 0.4) is 0 Å². The number of carbonyl (C=O) groups excluding carboxylic acids is 2. The molecule has 1 fully saturated rings. The summed E-state index contributed by atoms with van der Waals surface area (Å²) in [6.45, 7) is 5.56. The van der Waals surface area contributed by atoms with Crippen molar-refractivity contribution in [2.45, 2.75) is 32.9 Å². The average molecular weight is 305 g/mol. The Morgan fingerprint density at radius 2 is 2.14 bits per heavy atom. The minimum absolute atomic E-state index is 0.228. The van der Waals surface area contributed by atoms with E-state index >= 15 is 0 Å². The van der Waals surface area contributed by atoms with Gasteiger partial charge in [-0.15, -0.1) is 0 Å². The summed E-state index contributed by atoms with van der Waals surface area (Å²) in [6.07, 6.45) is 0. The van der Waals surface area contributed by atoms with Gasteiger partial charge in [-0.2, -0.15) is 4.37 Å². The van der Waals surface area contributed by atoms with Crippen molar-refractivity contribution in [3.63, 3.8) is 0 Å². The number of rotatable bonds is 3. The fraction of sp³-hybridized carbons (Fsp3) is 0.357. The molecule has 0 aromatic carbocycles. The predicted molar refractivity (Wildman–Crippen MR) is 76.7 cm³/mol. The predicted octanol–water partition coefficient (Wildman–Crippen LogP) is 2.32. The Hall–Kier alpha value is -2.15. The van der Waals surface area contributed by atoms with Gasteiger partial charge in [0, 0.05) is 4.88 Å². The molecule has 1 aliphatic heterocycles. The Morgan fingerprint density at radius 1 is 1.38 bits per heavy atom. The van der Waals surface area contributed by atoms with Crippen molar-refractivity contribution in [2.24, 2.45) is 0 Å². The Labute approximate surface area is 125 Å². The van der Waals surface area contributed by atoms with E-state index in [0.717, 1.165) is 10.6 Å². The van der Waals surface area contributed by atoms with Gasteiger partial charge in [0.25, 0.3) is 5.91 Å². The van der Waals surface area contributed by atoms with Crippen molar-refractivity contribution in [2.75, 3.05) is 0 Å². The van der Waals surface area contributed by atoms with E-state index in [9.17, 15) is 9.59 Å². The van der Waals surface area contributed by atoms with E-state index in [1.807, 2.05) is 13.0 Å². The normalized spacial score (nSPS) is 22.0. The molecule has 1 saturated heterocycles. The maximum absolute atomic E-state index is 12.6. The molecule has 1 N–H and O–H groups in total. The lowest BCUT2D eigenvalue weighted by molar-refractivity contribution is -0.132. The van der Waals surface area contributed by atoms with Crippen LogP contribution in [0.15, 0.2) is 22.6 Å². The van der Waals surface area contributed by atoms with Gasteiger partial charge in [-0.05, 0) is 50.5 Å². The molecule has 21 heavy (non-hydrogen) atoms.